The van der Waals surface area contributed by atoms with E-state index in [-0.39, 0.29) is 11.9 Å². The molecule has 1 N–H and O–H groups in total. The number of thiophene rings is 1. The zero-order valence-electron chi connectivity index (χ0n) is 13.5. The van der Waals surface area contributed by atoms with E-state index in [1.807, 2.05) is 70.9 Å². The predicted octanol–water partition coefficient (Wildman–Crippen LogP) is 4.12. The van der Waals surface area contributed by atoms with Crippen LogP contribution in [-0.4, -0.2) is 22.2 Å². The molecule has 2 aromatic heterocycles. The molecule has 0 bridgehead atoms. The zero-order chi connectivity index (χ0) is 17.1. The van der Waals surface area contributed by atoms with Crippen LogP contribution in [0, 0.1) is 0 Å². The quantitative estimate of drug-likeness (QED) is 0.590. The third-order valence-corrected chi connectivity index (χ3v) is 5.18. The summed E-state index contributed by atoms with van der Waals surface area (Å²) in [5.74, 6) is -0.0643. The van der Waals surface area contributed by atoms with Crippen LogP contribution in [0.5, 0.6) is 0 Å². The van der Waals surface area contributed by atoms with Crippen molar-refractivity contribution in [3.63, 3.8) is 0 Å². The highest BCUT2D eigenvalue weighted by molar-refractivity contribution is 7.10. The highest BCUT2D eigenvalue weighted by Crippen LogP contribution is 2.23. The average molecular weight is 347 g/mol. The van der Waals surface area contributed by atoms with Crippen molar-refractivity contribution in [2.24, 2.45) is 0 Å². The molecule has 0 radical (unpaired) electrons. The number of aromatic nitrogens is 2. The van der Waals surface area contributed by atoms with Gasteiger partial charge in [0.2, 0.25) is 0 Å². The largest absolute Gasteiger partial charge is 0.349 e. The van der Waals surface area contributed by atoms with Gasteiger partial charge in [0, 0.05) is 29.4 Å². The first kappa shape index (κ1) is 15.6. The zero-order valence-corrected chi connectivity index (χ0v) is 14.3. The lowest BCUT2D eigenvalue weighted by molar-refractivity contribution is 0.0951. The van der Waals surface area contributed by atoms with Crippen LogP contribution in [0.25, 0.3) is 10.8 Å². The van der Waals surface area contributed by atoms with Crippen LogP contribution in [0.1, 0.15) is 21.3 Å². The van der Waals surface area contributed by atoms with Crippen molar-refractivity contribution >= 4 is 28.0 Å². The van der Waals surface area contributed by atoms with Gasteiger partial charge in [0.15, 0.2) is 0 Å². The van der Waals surface area contributed by atoms with Crippen LogP contribution < -0.4 is 5.32 Å². The molecule has 5 heteroatoms. The Balaban J connectivity index is 1.58. The number of carbonyl (C=O) groups is 1. The molecule has 0 aliphatic heterocycles. The minimum absolute atomic E-state index is 0.00562. The summed E-state index contributed by atoms with van der Waals surface area (Å²) in [5.41, 5.74) is 0.698. The number of nitrogens with one attached hydrogen (secondary N) is 1. The molecule has 0 aliphatic carbocycles. The molecule has 0 aliphatic rings. The van der Waals surface area contributed by atoms with Gasteiger partial charge < -0.3 is 5.32 Å². The second-order valence-electron chi connectivity index (χ2n) is 5.75. The van der Waals surface area contributed by atoms with Gasteiger partial charge in [0.1, 0.15) is 6.04 Å². The number of benzene rings is 2. The first-order valence-electron chi connectivity index (χ1n) is 8.11. The normalized spacial score (nSPS) is 12.2. The molecule has 0 spiro atoms. The third-order valence-electron chi connectivity index (χ3n) is 4.21. The average Bonchev–Trinajstić information content (AvgIpc) is 3.36. The minimum atomic E-state index is -0.0643. The number of hydrogen-bond acceptors (Lipinski definition) is 3. The van der Waals surface area contributed by atoms with E-state index in [1.54, 1.807) is 17.5 Å². The highest BCUT2D eigenvalue weighted by Gasteiger charge is 2.17. The number of carbonyl (C=O) groups excluding carboxylic acids is 1. The Kier molecular flexibility index (Phi) is 4.31. The van der Waals surface area contributed by atoms with E-state index in [0.717, 1.165) is 10.8 Å². The minimum Gasteiger partial charge on any atom is -0.349 e. The van der Waals surface area contributed by atoms with Gasteiger partial charge in [-0.1, -0.05) is 42.5 Å². The number of hydrogen-bond donors (Lipinski definition) is 1. The molecule has 4 nitrogen and oxygen atoms in total. The van der Waals surface area contributed by atoms with E-state index in [1.165, 1.54) is 4.88 Å². The molecule has 2 aromatic carbocycles. The van der Waals surface area contributed by atoms with Gasteiger partial charge >= 0.3 is 0 Å². The Bertz CT molecular complexity index is 938. The second kappa shape index (κ2) is 6.91. The van der Waals surface area contributed by atoms with Crippen molar-refractivity contribution in [3.05, 3.63) is 88.9 Å². The van der Waals surface area contributed by atoms with E-state index < -0.39 is 0 Å². The molecule has 0 saturated carbocycles. The van der Waals surface area contributed by atoms with Crippen molar-refractivity contribution in [1.29, 1.82) is 0 Å². The summed E-state index contributed by atoms with van der Waals surface area (Å²) in [7, 11) is 0. The van der Waals surface area contributed by atoms with E-state index in [2.05, 4.69) is 16.5 Å². The summed E-state index contributed by atoms with van der Waals surface area (Å²) in [6, 6.07) is 19.7. The summed E-state index contributed by atoms with van der Waals surface area (Å²) in [6.45, 7) is 0.490. The molecule has 1 atom stereocenters. The number of fused-ring (bicyclic) bond motifs is 1. The fraction of sp³-hybridized carbons (Fsp3) is 0.100. The fourth-order valence-corrected chi connectivity index (χ4v) is 3.80. The lowest BCUT2D eigenvalue weighted by Gasteiger charge is -2.17. The Labute approximate surface area is 149 Å². The standard InChI is InChI=1S/C20H17N3OS/c24-20(17-9-3-7-15-6-1-2-8-16(15)17)21-14-18(19-10-4-13-25-19)23-12-5-11-22-23/h1-13,18H,14H2,(H,21,24). The lowest BCUT2D eigenvalue weighted by atomic mass is 10.0. The van der Waals surface area contributed by atoms with Crippen LogP contribution in [0.2, 0.25) is 0 Å². The van der Waals surface area contributed by atoms with Crippen LogP contribution in [0.15, 0.2) is 78.4 Å². The van der Waals surface area contributed by atoms with E-state index in [4.69, 9.17) is 0 Å². The summed E-state index contributed by atoms with van der Waals surface area (Å²) >= 11 is 1.67. The molecule has 25 heavy (non-hydrogen) atoms. The maximum atomic E-state index is 12.8. The molecular formula is C20H17N3OS. The topological polar surface area (TPSA) is 46.9 Å². The molecule has 124 valence electrons. The smallest absolute Gasteiger partial charge is 0.251 e. The van der Waals surface area contributed by atoms with Gasteiger partial charge in [0.25, 0.3) is 5.91 Å². The third kappa shape index (κ3) is 3.19. The van der Waals surface area contributed by atoms with E-state index in [9.17, 15) is 4.79 Å². The van der Waals surface area contributed by atoms with Crippen LogP contribution in [0.3, 0.4) is 0 Å². The number of amides is 1. The summed E-state index contributed by atoms with van der Waals surface area (Å²) in [6.07, 6.45) is 3.68. The van der Waals surface area contributed by atoms with Gasteiger partial charge in [-0.15, -0.1) is 11.3 Å². The monoisotopic (exact) mass is 347 g/mol. The summed E-state index contributed by atoms with van der Waals surface area (Å²) in [4.78, 5) is 13.9. The molecule has 0 saturated heterocycles. The van der Waals surface area contributed by atoms with Crippen molar-refractivity contribution in [2.45, 2.75) is 6.04 Å². The van der Waals surface area contributed by atoms with Gasteiger partial charge in [-0.25, -0.2) is 0 Å². The Morgan fingerprint density at radius 2 is 1.96 bits per heavy atom. The van der Waals surface area contributed by atoms with E-state index >= 15 is 0 Å². The molecule has 2 heterocycles. The first-order chi connectivity index (χ1) is 12.3. The molecule has 0 fully saturated rings. The van der Waals surface area contributed by atoms with Crippen molar-refractivity contribution in [3.8, 4) is 0 Å². The molecule has 4 rings (SSSR count). The van der Waals surface area contributed by atoms with Crippen LogP contribution in [0.4, 0.5) is 0 Å². The van der Waals surface area contributed by atoms with Crippen molar-refractivity contribution in [1.82, 2.24) is 15.1 Å². The van der Waals surface area contributed by atoms with Crippen molar-refractivity contribution < 1.29 is 4.79 Å². The molecular weight excluding hydrogens is 330 g/mol. The van der Waals surface area contributed by atoms with Gasteiger partial charge in [-0.05, 0) is 34.4 Å². The van der Waals surface area contributed by atoms with Crippen LogP contribution in [-0.2, 0) is 0 Å². The Hall–Kier alpha value is -2.92. The number of nitrogens with zero attached hydrogens (tertiary/aromatic N) is 2. The first-order valence-corrected chi connectivity index (χ1v) is 8.99. The molecule has 1 amide bonds. The van der Waals surface area contributed by atoms with E-state index in [0.29, 0.717) is 12.1 Å². The summed E-state index contributed by atoms with van der Waals surface area (Å²) < 4.78 is 1.88. The summed E-state index contributed by atoms with van der Waals surface area (Å²) in [5, 5.41) is 11.5. The number of rotatable bonds is 5. The van der Waals surface area contributed by atoms with Crippen LogP contribution >= 0.6 is 11.3 Å². The maximum absolute atomic E-state index is 12.8. The van der Waals surface area contributed by atoms with Crippen molar-refractivity contribution in [2.75, 3.05) is 6.54 Å². The second-order valence-corrected chi connectivity index (χ2v) is 6.73. The maximum Gasteiger partial charge on any atom is 0.251 e. The SMILES string of the molecule is O=C(NCC(c1cccs1)n1cccn1)c1cccc2ccccc12. The van der Waals surface area contributed by atoms with Gasteiger partial charge in [-0.2, -0.15) is 5.10 Å². The predicted molar refractivity (Wildman–Crippen MR) is 101 cm³/mol. The molecule has 1 unspecified atom stereocenters. The highest BCUT2D eigenvalue weighted by atomic mass is 32.1. The van der Waals surface area contributed by atoms with Gasteiger partial charge in [0.05, 0.1) is 0 Å². The lowest BCUT2D eigenvalue weighted by Crippen LogP contribution is -2.31. The fourth-order valence-electron chi connectivity index (χ4n) is 2.98. The Morgan fingerprint density at radius 1 is 1.08 bits per heavy atom. The van der Waals surface area contributed by atoms with Gasteiger partial charge in [-0.3, -0.25) is 9.48 Å². The Morgan fingerprint density at radius 3 is 2.76 bits per heavy atom. The molecule has 4 aromatic rings.